The predicted molar refractivity (Wildman–Crippen MR) is 79.5 cm³/mol. The lowest BCUT2D eigenvalue weighted by molar-refractivity contribution is -0.127. The molecule has 1 aromatic rings. The SMILES string of the molecule is CC(C)CNC(=O)C(C)Oc1ccc(CC(C)N)nc1. The molecule has 20 heavy (non-hydrogen) atoms. The highest BCUT2D eigenvalue weighted by Crippen LogP contribution is 2.12. The van der Waals surface area contributed by atoms with Gasteiger partial charge in [-0.15, -0.1) is 0 Å². The van der Waals surface area contributed by atoms with Crippen LogP contribution in [0, 0.1) is 5.92 Å². The van der Waals surface area contributed by atoms with Crippen LogP contribution in [0.1, 0.15) is 33.4 Å². The number of nitrogens with zero attached hydrogens (tertiary/aromatic N) is 1. The van der Waals surface area contributed by atoms with Gasteiger partial charge in [0.05, 0.1) is 6.20 Å². The van der Waals surface area contributed by atoms with Crippen LogP contribution in [0.4, 0.5) is 0 Å². The van der Waals surface area contributed by atoms with Crippen molar-refractivity contribution in [2.45, 2.75) is 46.3 Å². The van der Waals surface area contributed by atoms with E-state index in [1.807, 2.05) is 32.9 Å². The maximum Gasteiger partial charge on any atom is 0.260 e. The topological polar surface area (TPSA) is 77.2 Å². The minimum atomic E-state index is -0.533. The monoisotopic (exact) mass is 279 g/mol. The van der Waals surface area contributed by atoms with Crippen LogP contribution in [0.3, 0.4) is 0 Å². The maximum atomic E-state index is 11.8. The number of carbonyl (C=O) groups excluding carboxylic acids is 1. The van der Waals surface area contributed by atoms with Gasteiger partial charge in [-0.3, -0.25) is 9.78 Å². The Balaban J connectivity index is 2.49. The molecule has 2 unspecified atom stereocenters. The number of carbonyl (C=O) groups is 1. The number of pyridine rings is 1. The molecular weight excluding hydrogens is 254 g/mol. The second-order valence-electron chi connectivity index (χ2n) is 5.57. The molecule has 0 fully saturated rings. The Morgan fingerprint density at radius 1 is 1.35 bits per heavy atom. The summed E-state index contributed by atoms with van der Waals surface area (Å²) in [5.41, 5.74) is 6.64. The molecule has 1 heterocycles. The van der Waals surface area contributed by atoms with E-state index in [0.29, 0.717) is 18.2 Å². The third kappa shape index (κ3) is 6.02. The van der Waals surface area contributed by atoms with Crippen molar-refractivity contribution in [3.8, 4) is 5.75 Å². The van der Waals surface area contributed by atoms with E-state index >= 15 is 0 Å². The Morgan fingerprint density at radius 2 is 2.05 bits per heavy atom. The van der Waals surface area contributed by atoms with E-state index in [-0.39, 0.29) is 11.9 Å². The second-order valence-corrected chi connectivity index (χ2v) is 5.57. The first kappa shape index (κ1) is 16.4. The average Bonchev–Trinajstić information content (AvgIpc) is 2.37. The fourth-order valence-electron chi connectivity index (χ4n) is 1.64. The van der Waals surface area contributed by atoms with Gasteiger partial charge in [0.25, 0.3) is 5.91 Å². The van der Waals surface area contributed by atoms with Crippen molar-refractivity contribution in [1.82, 2.24) is 10.3 Å². The summed E-state index contributed by atoms with van der Waals surface area (Å²) in [6.07, 6.45) is 1.82. The van der Waals surface area contributed by atoms with Crippen LogP contribution in [0.5, 0.6) is 5.75 Å². The molecule has 2 atom stereocenters. The molecule has 0 saturated carbocycles. The van der Waals surface area contributed by atoms with Gasteiger partial charge in [0.2, 0.25) is 0 Å². The standard InChI is InChI=1S/C15H25N3O2/c1-10(2)8-18-15(19)12(4)20-14-6-5-13(17-9-14)7-11(3)16/h5-6,9-12H,7-8,16H2,1-4H3,(H,18,19). The average molecular weight is 279 g/mol. The van der Waals surface area contributed by atoms with Crippen molar-refractivity contribution in [1.29, 1.82) is 0 Å². The maximum absolute atomic E-state index is 11.8. The smallest absolute Gasteiger partial charge is 0.260 e. The molecule has 0 aliphatic carbocycles. The fourth-order valence-corrected chi connectivity index (χ4v) is 1.64. The molecule has 3 N–H and O–H groups in total. The largest absolute Gasteiger partial charge is 0.479 e. The van der Waals surface area contributed by atoms with Crippen LogP contribution in [0.25, 0.3) is 0 Å². The summed E-state index contributed by atoms with van der Waals surface area (Å²) in [6, 6.07) is 3.77. The first-order valence-corrected chi connectivity index (χ1v) is 7.03. The molecule has 0 saturated heterocycles. The third-order valence-corrected chi connectivity index (χ3v) is 2.70. The van der Waals surface area contributed by atoms with Gasteiger partial charge in [-0.2, -0.15) is 0 Å². The Labute approximate surface area is 120 Å². The highest BCUT2D eigenvalue weighted by Gasteiger charge is 2.14. The number of nitrogens with one attached hydrogen (secondary N) is 1. The molecule has 5 heteroatoms. The number of hydrogen-bond donors (Lipinski definition) is 2. The van der Waals surface area contributed by atoms with Gasteiger partial charge in [0.1, 0.15) is 5.75 Å². The molecule has 112 valence electrons. The molecule has 0 aliphatic heterocycles. The van der Waals surface area contributed by atoms with Crippen LogP contribution in [0.2, 0.25) is 0 Å². The van der Waals surface area contributed by atoms with Crippen LogP contribution < -0.4 is 15.8 Å². The van der Waals surface area contributed by atoms with E-state index in [4.69, 9.17) is 10.5 Å². The lowest BCUT2D eigenvalue weighted by Gasteiger charge is -2.15. The molecule has 0 aromatic carbocycles. The van der Waals surface area contributed by atoms with Gasteiger partial charge in [0.15, 0.2) is 6.10 Å². The molecule has 1 amide bonds. The van der Waals surface area contributed by atoms with Crippen LogP contribution in [0.15, 0.2) is 18.3 Å². The summed E-state index contributed by atoms with van der Waals surface area (Å²) < 4.78 is 5.56. The van der Waals surface area contributed by atoms with Crippen LogP contribution in [-0.2, 0) is 11.2 Å². The zero-order valence-corrected chi connectivity index (χ0v) is 12.7. The normalized spacial score (nSPS) is 13.9. The lowest BCUT2D eigenvalue weighted by Crippen LogP contribution is -2.38. The van der Waals surface area contributed by atoms with Crippen molar-refractivity contribution < 1.29 is 9.53 Å². The lowest BCUT2D eigenvalue weighted by atomic mass is 10.2. The summed E-state index contributed by atoms with van der Waals surface area (Å²) >= 11 is 0. The van der Waals surface area contributed by atoms with Gasteiger partial charge in [-0.25, -0.2) is 0 Å². The predicted octanol–water partition coefficient (Wildman–Crippen LogP) is 1.51. The van der Waals surface area contributed by atoms with Gasteiger partial charge < -0.3 is 15.8 Å². The number of hydrogen-bond acceptors (Lipinski definition) is 4. The van der Waals surface area contributed by atoms with Crippen LogP contribution >= 0.6 is 0 Å². The van der Waals surface area contributed by atoms with Gasteiger partial charge in [0, 0.05) is 24.7 Å². The first-order valence-electron chi connectivity index (χ1n) is 7.03. The van der Waals surface area contributed by atoms with E-state index in [0.717, 1.165) is 12.1 Å². The highest BCUT2D eigenvalue weighted by molar-refractivity contribution is 5.80. The number of rotatable bonds is 7. The molecule has 1 aromatic heterocycles. The minimum absolute atomic E-state index is 0.0787. The van der Waals surface area contributed by atoms with E-state index < -0.39 is 6.10 Å². The van der Waals surface area contributed by atoms with Crippen molar-refractivity contribution in [2.24, 2.45) is 11.7 Å². The molecule has 0 spiro atoms. The molecular formula is C15H25N3O2. The summed E-state index contributed by atoms with van der Waals surface area (Å²) in [5, 5.41) is 2.84. The van der Waals surface area contributed by atoms with Gasteiger partial charge in [-0.05, 0) is 31.9 Å². The highest BCUT2D eigenvalue weighted by atomic mass is 16.5. The van der Waals surface area contributed by atoms with E-state index in [1.165, 1.54) is 0 Å². The summed E-state index contributed by atoms with van der Waals surface area (Å²) in [7, 11) is 0. The van der Waals surface area contributed by atoms with Gasteiger partial charge >= 0.3 is 0 Å². The molecule has 5 nitrogen and oxygen atoms in total. The molecule has 0 aliphatic rings. The Kier molecular flexibility index (Phi) is 6.45. The fraction of sp³-hybridized carbons (Fsp3) is 0.600. The summed E-state index contributed by atoms with van der Waals surface area (Å²) in [4.78, 5) is 16.1. The van der Waals surface area contributed by atoms with Gasteiger partial charge in [-0.1, -0.05) is 13.8 Å². The number of ether oxygens (including phenoxy) is 1. The second kappa shape index (κ2) is 7.85. The summed E-state index contributed by atoms with van der Waals surface area (Å²) in [6.45, 7) is 8.41. The van der Waals surface area contributed by atoms with E-state index in [1.54, 1.807) is 13.1 Å². The number of amides is 1. The third-order valence-electron chi connectivity index (χ3n) is 2.70. The molecule has 1 rings (SSSR count). The quantitative estimate of drug-likeness (QED) is 0.793. The van der Waals surface area contributed by atoms with E-state index in [9.17, 15) is 4.79 Å². The van der Waals surface area contributed by atoms with Crippen LogP contribution in [-0.4, -0.2) is 29.6 Å². The Bertz CT molecular complexity index is 416. The zero-order valence-electron chi connectivity index (χ0n) is 12.7. The van der Waals surface area contributed by atoms with Crippen molar-refractivity contribution in [3.05, 3.63) is 24.0 Å². The first-order chi connectivity index (χ1) is 9.38. The Morgan fingerprint density at radius 3 is 2.55 bits per heavy atom. The molecule has 0 bridgehead atoms. The number of aromatic nitrogens is 1. The molecule has 0 radical (unpaired) electrons. The minimum Gasteiger partial charge on any atom is -0.479 e. The van der Waals surface area contributed by atoms with Crippen molar-refractivity contribution >= 4 is 5.91 Å². The number of nitrogens with two attached hydrogens (primary N) is 1. The van der Waals surface area contributed by atoms with Crippen molar-refractivity contribution in [3.63, 3.8) is 0 Å². The zero-order chi connectivity index (χ0) is 15.1. The Hall–Kier alpha value is -1.62. The van der Waals surface area contributed by atoms with Crippen molar-refractivity contribution in [2.75, 3.05) is 6.54 Å². The summed E-state index contributed by atoms with van der Waals surface area (Å²) in [5.74, 6) is 0.898. The van der Waals surface area contributed by atoms with E-state index in [2.05, 4.69) is 10.3 Å².